The van der Waals surface area contributed by atoms with E-state index in [0.29, 0.717) is 4.47 Å². The quantitative estimate of drug-likeness (QED) is 0.773. The Hall–Kier alpha value is -0.800. The molecule has 1 unspecified atom stereocenters. The lowest BCUT2D eigenvalue weighted by Crippen LogP contribution is -2.46. The highest BCUT2D eigenvalue weighted by atomic mass is 79.9. The molecule has 0 radical (unpaired) electrons. The van der Waals surface area contributed by atoms with Gasteiger partial charge in [-0.25, -0.2) is 0 Å². The van der Waals surface area contributed by atoms with Crippen molar-refractivity contribution in [1.82, 2.24) is 5.32 Å². The highest BCUT2D eigenvalue weighted by molar-refractivity contribution is 9.10. The molecule has 1 rings (SSSR count). The number of alkyl halides is 6. The average Bonchev–Trinajstić information content (AvgIpc) is 2.32. The minimum absolute atomic E-state index is 0.190. The van der Waals surface area contributed by atoms with Crippen molar-refractivity contribution in [3.63, 3.8) is 0 Å². The number of hydrogen-bond acceptors (Lipinski definition) is 2. The Morgan fingerprint density at radius 1 is 1.05 bits per heavy atom. The minimum atomic E-state index is -5.53. The largest absolute Gasteiger partial charge is 0.423 e. The van der Waals surface area contributed by atoms with Gasteiger partial charge in [-0.3, -0.25) is 0 Å². The number of hydrogen-bond donors (Lipinski definition) is 1. The van der Waals surface area contributed by atoms with Crippen LogP contribution in [0.2, 0.25) is 0 Å². The SMILES string of the molecule is CNCC(OC(C(F)(F)F)C(F)(F)F)c1ccc(Br)cc1. The van der Waals surface area contributed by atoms with Gasteiger partial charge in [0.25, 0.3) is 0 Å². The van der Waals surface area contributed by atoms with Crippen molar-refractivity contribution in [3.8, 4) is 0 Å². The molecule has 0 bridgehead atoms. The second kappa shape index (κ2) is 6.97. The van der Waals surface area contributed by atoms with Gasteiger partial charge in [-0.1, -0.05) is 28.1 Å². The van der Waals surface area contributed by atoms with Crippen molar-refractivity contribution in [1.29, 1.82) is 0 Å². The van der Waals surface area contributed by atoms with Gasteiger partial charge in [-0.05, 0) is 24.7 Å². The molecule has 0 saturated carbocycles. The molecular formula is C12H12BrF6NO. The van der Waals surface area contributed by atoms with Crippen molar-refractivity contribution in [3.05, 3.63) is 34.3 Å². The van der Waals surface area contributed by atoms with Crippen LogP contribution in [0.5, 0.6) is 0 Å². The maximum atomic E-state index is 12.5. The molecule has 0 fully saturated rings. The molecule has 0 amide bonds. The normalized spacial score (nSPS) is 14.5. The Morgan fingerprint density at radius 2 is 1.52 bits per heavy atom. The van der Waals surface area contributed by atoms with E-state index in [-0.39, 0.29) is 12.1 Å². The Labute approximate surface area is 125 Å². The van der Waals surface area contributed by atoms with Gasteiger partial charge in [0.2, 0.25) is 6.10 Å². The summed E-state index contributed by atoms with van der Waals surface area (Å²) < 4.78 is 80.1. The zero-order chi connectivity index (χ0) is 16.3. The maximum absolute atomic E-state index is 12.5. The number of benzene rings is 1. The highest BCUT2D eigenvalue weighted by Gasteiger charge is 2.58. The summed E-state index contributed by atoms with van der Waals surface area (Å²) in [5, 5.41) is 2.52. The standard InChI is InChI=1S/C12H12BrF6NO/c1-20-6-9(7-2-4-8(13)5-3-7)21-10(11(14,15)16)12(17,18)19/h2-5,9-10,20H,6H2,1H3. The van der Waals surface area contributed by atoms with Crippen molar-refractivity contribution >= 4 is 15.9 Å². The molecule has 9 heteroatoms. The van der Waals surface area contributed by atoms with Crippen molar-refractivity contribution in [2.45, 2.75) is 24.6 Å². The van der Waals surface area contributed by atoms with E-state index in [1.54, 1.807) is 0 Å². The highest BCUT2D eigenvalue weighted by Crippen LogP contribution is 2.38. The number of halogens is 7. The molecule has 1 N–H and O–H groups in total. The van der Waals surface area contributed by atoms with E-state index in [4.69, 9.17) is 0 Å². The second-order valence-electron chi connectivity index (χ2n) is 4.20. The first-order chi connectivity index (χ1) is 9.55. The van der Waals surface area contributed by atoms with Gasteiger partial charge in [0.15, 0.2) is 0 Å². The zero-order valence-electron chi connectivity index (χ0n) is 10.7. The Morgan fingerprint density at radius 3 is 1.90 bits per heavy atom. The third-order valence-electron chi connectivity index (χ3n) is 2.53. The van der Waals surface area contributed by atoms with E-state index in [0.717, 1.165) is 0 Å². The van der Waals surface area contributed by atoms with Crippen LogP contribution in [0.3, 0.4) is 0 Å². The van der Waals surface area contributed by atoms with E-state index in [1.165, 1.54) is 31.3 Å². The smallest absolute Gasteiger partial charge is 0.351 e. The molecule has 1 aromatic rings. The molecule has 0 heterocycles. The molecule has 120 valence electrons. The van der Waals surface area contributed by atoms with Crippen LogP contribution in [0, 0.1) is 0 Å². The number of ether oxygens (including phenoxy) is 1. The van der Waals surface area contributed by atoms with Crippen LogP contribution in [0.15, 0.2) is 28.7 Å². The second-order valence-corrected chi connectivity index (χ2v) is 5.11. The van der Waals surface area contributed by atoms with Crippen molar-refractivity contribution in [2.24, 2.45) is 0 Å². The third-order valence-corrected chi connectivity index (χ3v) is 3.05. The van der Waals surface area contributed by atoms with E-state index in [9.17, 15) is 26.3 Å². The first-order valence-corrected chi connectivity index (χ1v) is 6.54. The van der Waals surface area contributed by atoms with Crippen LogP contribution in [-0.2, 0) is 4.74 Å². The molecule has 0 spiro atoms. The van der Waals surface area contributed by atoms with Gasteiger partial charge >= 0.3 is 12.4 Å². The van der Waals surface area contributed by atoms with Crippen LogP contribution in [0.4, 0.5) is 26.3 Å². The fraction of sp³-hybridized carbons (Fsp3) is 0.500. The summed E-state index contributed by atoms with van der Waals surface area (Å²) in [7, 11) is 1.41. The van der Waals surface area contributed by atoms with E-state index < -0.39 is 24.6 Å². The molecular weight excluding hydrogens is 368 g/mol. The van der Waals surface area contributed by atoms with Crippen molar-refractivity contribution < 1.29 is 31.1 Å². The van der Waals surface area contributed by atoms with E-state index in [1.807, 2.05) is 0 Å². The minimum Gasteiger partial charge on any atom is -0.351 e. The third kappa shape index (κ3) is 5.48. The van der Waals surface area contributed by atoms with E-state index >= 15 is 0 Å². The molecule has 0 aliphatic heterocycles. The van der Waals surface area contributed by atoms with Gasteiger partial charge in [0.05, 0.1) is 6.10 Å². The number of likely N-dealkylation sites (N-methyl/N-ethyl adjacent to an activating group) is 1. The van der Waals surface area contributed by atoms with Crippen LogP contribution < -0.4 is 5.32 Å². The van der Waals surface area contributed by atoms with Gasteiger partial charge in [-0.15, -0.1) is 0 Å². The van der Waals surface area contributed by atoms with Gasteiger partial charge in [0, 0.05) is 11.0 Å². The van der Waals surface area contributed by atoms with E-state index in [2.05, 4.69) is 26.0 Å². The number of rotatable bonds is 5. The summed E-state index contributed by atoms with van der Waals surface area (Å²) in [5.41, 5.74) is 0.214. The van der Waals surface area contributed by atoms with Crippen molar-refractivity contribution in [2.75, 3.05) is 13.6 Å². The Kier molecular flexibility index (Phi) is 6.06. The van der Waals surface area contributed by atoms with Crippen LogP contribution in [-0.4, -0.2) is 32.0 Å². The first kappa shape index (κ1) is 18.2. The molecule has 21 heavy (non-hydrogen) atoms. The fourth-order valence-electron chi connectivity index (χ4n) is 1.61. The first-order valence-electron chi connectivity index (χ1n) is 5.74. The van der Waals surface area contributed by atoms with Gasteiger partial charge in [0.1, 0.15) is 0 Å². The molecule has 0 aromatic heterocycles. The monoisotopic (exact) mass is 379 g/mol. The summed E-state index contributed by atoms with van der Waals surface area (Å²) in [6.45, 7) is -0.190. The van der Waals surface area contributed by atoms with Crippen LogP contribution in [0.25, 0.3) is 0 Å². The Bertz CT molecular complexity index is 431. The lowest BCUT2D eigenvalue weighted by molar-refractivity contribution is -0.331. The summed E-state index contributed by atoms with van der Waals surface area (Å²) in [6, 6.07) is 5.82. The van der Waals surface area contributed by atoms with Gasteiger partial charge in [-0.2, -0.15) is 26.3 Å². The van der Waals surface area contributed by atoms with Crippen LogP contribution >= 0.6 is 15.9 Å². The topological polar surface area (TPSA) is 21.3 Å². The summed E-state index contributed by atoms with van der Waals surface area (Å²) in [4.78, 5) is 0. The maximum Gasteiger partial charge on any atom is 0.423 e. The number of nitrogens with one attached hydrogen (secondary N) is 1. The zero-order valence-corrected chi connectivity index (χ0v) is 12.3. The van der Waals surface area contributed by atoms with Gasteiger partial charge < -0.3 is 10.1 Å². The molecule has 1 aromatic carbocycles. The predicted octanol–water partition coefficient (Wildman–Crippen LogP) is 4.22. The molecule has 0 aliphatic rings. The lowest BCUT2D eigenvalue weighted by atomic mass is 10.1. The summed E-state index contributed by atoms with van der Waals surface area (Å²) in [5.74, 6) is 0. The molecule has 2 nitrogen and oxygen atoms in total. The Balaban J connectivity index is 3.02. The average molecular weight is 380 g/mol. The van der Waals surface area contributed by atoms with Crippen LogP contribution in [0.1, 0.15) is 11.7 Å². The lowest BCUT2D eigenvalue weighted by Gasteiger charge is -2.28. The molecule has 1 atom stereocenters. The summed E-state index contributed by atoms with van der Waals surface area (Å²) in [6.07, 6.45) is -16.3. The fourth-order valence-corrected chi connectivity index (χ4v) is 1.88. The molecule has 0 aliphatic carbocycles. The predicted molar refractivity (Wildman–Crippen MR) is 67.8 cm³/mol. The summed E-state index contributed by atoms with van der Waals surface area (Å²) >= 11 is 3.13. The molecule has 0 saturated heterocycles.